The number of hydrogen-bond donors (Lipinski definition) is 0. The molecule has 3 aliphatic heterocycles. The second-order valence-electron chi connectivity index (χ2n) is 11.1. The predicted molar refractivity (Wildman–Crippen MR) is 144 cm³/mol. The lowest BCUT2D eigenvalue weighted by Crippen LogP contribution is -2.37. The van der Waals surface area contributed by atoms with E-state index in [0.29, 0.717) is 12.5 Å². The fourth-order valence-electron chi connectivity index (χ4n) is 6.27. The highest BCUT2D eigenvalue weighted by Crippen LogP contribution is 2.35. The van der Waals surface area contributed by atoms with E-state index in [4.69, 9.17) is 4.98 Å². The molecular weight excluding hydrogens is 463 g/mol. The lowest BCUT2D eigenvalue weighted by Gasteiger charge is -2.32. The first-order chi connectivity index (χ1) is 18.1. The maximum absolute atomic E-state index is 13.5. The maximum atomic E-state index is 13.5. The lowest BCUT2D eigenvalue weighted by molar-refractivity contribution is 0.171. The van der Waals surface area contributed by atoms with E-state index >= 15 is 0 Å². The largest absolute Gasteiger partial charge is 0.356 e. The molecule has 6 heterocycles. The minimum Gasteiger partial charge on any atom is -0.356 e. The summed E-state index contributed by atoms with van der Waals surface area (Å²) in [7, 11) is 0. The molecule has 4 aromatic rings. The number of anilines is 1. The van der Waals surface area contributed by atoms with Crippen LogP contribution >= 0.6 is 0 Å². The van der Waals surface area contributed by atoms with Gasteiger partial charge in [0.2, 0.25) is 0 Å². The number of rotatable bonds is 4. The van der Waals surface area contributed by atoms with Crippen LogP contribution in [0.25, 0.3) is 28.3 Å². The Balaban J connectivity index is 1.15. The fraction of sp³-hybridized carbons (Fsp3) is 0.400. The van der Waals surface area contributed by atoms with Gasteiger partial charge in [0.1, 0.15) is 11.6 Å². The van der Waals surface area contributed by atoms with Crippen molar-refractivity contribution in [3.8, 4) is 28.3 Å². The highest BCUT2D eigenvalue weighted by atomic mass is 19.1. The summed E-state index contributed by atoms with van der Waals surface area (Å²) in [6, 6.07) is 13.2. The monoisotopic (exact) mass is 496 g/mol. The van der Waals surface area contributed by atoms with Crippen molar-refractivity contribution < 1.29 is 4.39 Å². The van der Waals surface area contributed by atoms with Crippen molar-refractivity contribution in [1.82, 2.24) is 24.0 Å². The minimum absolute atomic E-state index is 0.222. The summed E-state index contributed by atoms with van der Waals surface area (Å²) in [6.07, 6.45) is 9.91. The Labute approximate surface area is 217 Å². The summed E-state index contributed by atoms with van der Waals surface area (Å²) >= 11 is 0. The molecule has 0 saturated carbocycles. The molecule has 0 spiro atoms. The lowest BCUT2D eigenvalue weighted by atomic mass is 9.98. The summed E-state index contributed by atoms with van der Waals surface area (Å²) in [6.45, 7) is 8.92. The Bertz CT molecular complexity index is 1410. The van der Waals surface area contributed by atoms with Gasteiger partial charge in [-0.1, -0.05) is 19.1 Å². The van der Waals surface area contributed by atoms with Gasteiger partial charge in [0, 0.05) is 43.8 Å². The van der Waals surface area contributed by atoms with E-state index in [-0.39, 0.29) is 5.82 Å². The highest BCUT2D eigenvalue weighted by molar-refractivity contribution is 5.71. The first-order valence-corrected chi connectivity index (χ1v) is 13.6. The van der Waals surface area contributed by atoms with E-state index < -0.39 is 0 Å². The van der Waals surface area contributed by atoms with Crippen LogP contribution in [-0.4, -0.2) is 56.7 Å². The Morgan fingerprint density at radius 1 is 0.973 bits per heavy atom. The van der Waals surface area contributed by atoms with Crippen LogP contribution in [0.15, 0.2) is 61.1 Å². The van der Waals surface area contributed by atoms with E-state index in [2.05, 4.69) is 55.2 Å². The third-order valence-electron chi connectivity index (χ3n) is 8.46. The van der Waals surface area contributed by atoms with E-state index in [9.17, 15) is 4.39 Å². The van der Waals surface area contributed by atoms with Gasteiger partial charge in [-0.2, -0.15) is 0 Å². The number of aromatic nitrogens is 4. The summed E-state index contributed by atoms with van der Waals surface area (Å²) in [5, 5.41) is 0. The van der Waals surface area contributed by atoms with Crippen LogP contribution in [0, 0.1) is 17.7 Å². The van der Waals surface area contributed by atoms with Crippen molar-refractivity contribution in [2.75, 3.05) is 37.6 Å². The van der Waals surface area contributed by atoms with E-state index in [1.165, 1.54) is 51.0 Å². The van der Waals surface area contributed by atoms with Crippen LogP contribution in [0.3, 0.4) is 0 Å². The molecule has 6 nitrogen and oxygen atoms in total. The topological polar surface area (TPSA) is 42.1 Å². The van der Waals surface area contributed by atoms with Gasteiger partial charge in [-0.25, -0.2) is 14.4 Å². The quantitative estimate of drug-likeness (QED) is 0.331. The molecule has 0 aliphatic carbocycles. The van der Waals surface area contributed by atoms with Crippen LogP contribution < -0.4 is 4.90 Å². The number of nitrogens with zero attached hydrogens (tertiary/aromatic N) is 6. The summed E-state index contributed by atoms with van der Waals surface area (Å²) in [5.74, 6) is 3.34. The molecule has 3 aromatic heterocycles. The number of hydrogen-bond acceptors (Lipinski definition) is 4. The van der Waals surface area contributed by atoms with Gasteiger partial charge in [0.05, 0.1) is 23.6 Å². The summed E-state index contributed by atoms with van der Waals surface area (Å²) in [5.41, 5.74) is 5.22. The van der Waals surface area contributed by atoms with Gasteiger partial charge in [-0.15, -0.1) is 0 Å². The van der Waals surface area contributed by atoms with Gasteiger partial charge >= 0.3 is 0 Å². The Morgan fingerprint density at radius 3 is 2.65 bits per heavy atom. The van der Waals surface area contributed by atoms with Crippen molar-refractivity contribution in [2.45, 2.75) is 32.7 Å². The first-order valence-electron chi connectivity index (χ1n) is 13.6. The molecular formula is C30H33FN6. The maximum Gasteiger partial charge on any atom is 0.161 e. The fourth-order valence-corrected chi connectivity index (χ4v) is 6.27. The molecule has 0 bridgehead atoms. The number of halogens is 1. The van der Waals surface area contributed by atoms with Crippen LogP contribution in [0.2, 0.25) is 0 Å². The summed E-state index contributed by atoms with van der Waals surface area (Å²) in [4.78, 5) is 15.0. The average Bonchev–Trinajstić information content (AvgIpc) is 3.65. The second-order valence-corrected chi connectivity index (χ2v) is 11.1. The van der Waals surface area contributed by atoms with Gasteiger partial charge < -0.3 is 14.4 Å². The van der Waals surface area contributed by atoms with E-state index in [0.717, 1.165) is 58.9 Å². The second kappa shape index (κ2) is 9.14. The number of likely N-dealkylation sites (tertiary alicyclic amines) is 1. The zero-order chi connectivity index (χ0) is 24.9. The third-order valence-corrected chi connectivity index (χ3v) is 8.46. The third kappa shape index (κ3) is 4.25. The van der Waals surface area contributed by atoms with Crippen LogP contribution in [0.4, 0.5) is 10.2 Å². The molecule has 2 fully saturated rings. The average molecular weight is 497 g/mol. The van der Waals surface area contributed by atoms with E-state index in [1.807, 2.05) is 24.5 Å². The van der Waals surface area contributed by atoms with Crippen LogP contribution in [-0.2, 0) is 6.54 Å². The minimum atomic E-state index is -0.222. The predicted octanol–water partition coefficient (Wildman–Crippen LogP) is 5.46. The Kier molecular flexibility index (Phi) is 5.61. The zero-order valence-electron chi connectivity index (χ0n) is 21.4. The van der Waals surface area contributed by atoms with Gasteiger partial charge in [-0.05, 0) is 80.1 Å². The molecule has 0 N–H and O–H groups in total. The van der Waals surface area contributed by atoms with Crippen molar-refractivity contribution in [2.24, 2.45) is 11.8 Å². The molecule has 2 saturated heterocycles. The molecule has 7 heteroatoms. The number of imidazole rings is 1. The molecule has 7 rings (SSSR count). The van der Waals surface area contributed by atoms with Crippen LogP contribution in [0.5, 0.6) is 0 Å². The zero-order valence-corrected chi connectivity index (χ0v) is 21.4. The normalized spacial score (nSPS) is 19.9. The van der Waals surface area contributed by atoms with Crippen molar-refractivity contribution in [3.63, 3.8) is 0 Å². The molecule has 37 heavy (non-hydrogen) atoms. The van der Waals surface area contributed by atoms with Crippen molar-refractivity contribution in [1.29, 1.82) is 0 Å². The smallest absolute Gasteiger partial charge is 0.161 e. The van der Waals surface area contributed by atoms with E-state index in [1.54, 1.807) is 0 Å². The summed E-state index contributed by atoms with van der Waals surface area (Å²) < 4.78 is 17.9. The molecule has 1 atom stereocenters. The first kappa shape index (κ1) is 22.7. The van der Waals surface area contributed by atoms with Gasteiger partial charge in [0.25, 0.3) is 0 Å². The van der Waals surface area contributed by atoms with Crippen molar-refractivity contribution >= 4 is 5.82 Å². The van der Waals surface area contributed by atoms with Gasteiger partial charge in [-0.3, -0.25) is 4.57 Å². The Hall–Kier alpha value is -3.45. The van der Waals surface area contributed by atoms with Crippen LogP contribution in [0.1, 0.15) is 31.9 Å². The SMILES string of the molecule is CC1CCN(C[C@H]2CCN(c3ccc4c(n3)Cn3cc(-c5ccc(F)cc5)cc3-c3nccn3-4)C2)CC1. The van der Waals surface area contributed by atoms with Gasteiger partial charge in [0.15, 0.2) is 5.82 Å². The molecule has 0 radical (unpaired) electrons. The number of piperidine rings is 1. The number of pyridine rings is 1. The number of benzene rings is 1. The number of fused-ring (bicyclic) bond motifs is 5. The molecule has 1 aromatic carbocycles. The molecule has 190 valence electrons. The highest BCUT2D eigenvalue weighted by Gasteiger charge is 2.28. The standard InChI is InChI=1S/C30H33FN6/c1-21-8-12-34(13-9-21)17-22-10-14-35(18-22)29-7-6-27-26(33-29)20-36-19-24(23-2-4-25(31)5-3-23)16-28(36)30-32-11-15-37(27)30/h2-7,11,15-16,19,21-22H,8-10,12-14,17-18,20H2,1H3/t22-/m1/s1. The molecule has 0 unspecified atom stereocenters. The Morgan fingerprint density at radius 2 is 1.81 bits per heavy atom. The van der Waals surface area contributed by atoms with Crippen molar-refractivity contribution in [3.05, 3.63) is 72.6 Å². The molecule has 3 aliphatic rings. The molecule has 0 amide bonds.